The van der Waals surface area contributed by atoms with Crippen molar-refractivity contribution in [2.45, 2.75) is 0 Å². The summed E-state index contributed by atoms with van der Waals surface area (Å²) < 4.78 is 0. The Kier molecular flexibility index (Phi) is 1.32. The van der Waals surface area contributed by atoms with Crippen LogP contribution in [0.4, 0.5) is 0 Å². The van der Waals surface area contributed by atoms with Crippen LogP contribution in [0.15, 0.2) is 22.8 Å². The molecule has 0 aromatic heterocycles. The second-order valence-electron chi connectivity index (χ2n) is 1.36. The molecule has 1 heterocycles. The Morgan fingerprint density at radius 2 is 2.50 bits per heavy atom. The molecule has 1 radical (unpaired) electrons. The summed E-state index contributed by atoms with van der Waals surface area (Å²) in [7, 11) is 1.31. The fourth-order valence-electron chi connectivity index (χ4n) is 0.314. The molecule has 8 heavy (non-hydrogen) atoms. The SMILES string of the molecule is [CH2]C(=C)C1=C=S=C=N1. The molecule has 39 valence electrons. The Balaban J connectivity index is 3.00. The van der Waals surface area contributed by atoms with Crippen molar-refractivity contribution in [2.24, 2.45) is 4.99 Å². The fraction of sp³-hybridized carbons (Fsp3) is 0. The summed E-state index contributed by atoms with van der Waals surface area (Å²) >= 11 is 0. The maximum atomic E-state index is 3.79. The molecular weight excluding hydrogens is 118 g/mol. The van der Waals surface area contributed by atoms with Crippen LogP contribution in [0.2, 0.25) is 0 Å². The molecule has 0 bridgehead atoms. The van der Waals surface area contributed by atoms with Crippen LogP contribution in [0.5, 0.6) is 0 Å². The molecule has 1 rings (SSSR count). The molecule has 0 N–H and O–H groups in total. The molecule has 2 heteroatoms. The Morgan fingerprint density at radius 1 is 1.75 bits per heavy atom. The Labute approximate surface area is 51.6 Å². The lowest BCUT2D eigenvalue weighted by molar-refractivity contribution is 1.43. The number of nitrogens with zero attached hydrogens (tertiary/aromatic N) is 1. The molecule has 0 aromatic carbocycles. The number of rotatable bonds is 1. The fourth-order valence-corrected chi connectivity index (χ4v) is 0.783. The van der Waals surface area contributed by atoms with Crippen LogP contribution < -0.4 is 0 Å². The van der Waals surface area contributed by atoms with Crippen molar-refractivity contribution in [2.75, 3.05) is 0 Å². The molecule has 0 saturated carbocycles. The molecule has 0 saturated heterocycles. The minimum Gasteiger partial charge on any atom is -0.185 e. The summed E-state index contributed by atoms with van der Waals surface area (Å²) in [6.45, 7) is 7.16. The lowest BCUT2D eigenvalue weighted by Gasteiger charge is -1.85. The summed E-state index contributed by atoms with van der Waals surface area (Å²) in [4.78, 5) is 3.79. The normalized spacial score (nSPS) is 13.4. The molecule has 1 aliphatic rings. The second kappa shape index (κ2) is 1.97. The van der Waals surface area contributed by atoms with Crippen molar-refractivity contribution in [3.63, 3.8) is 0 Å². The van der Waals surface area contributed by atoms with Crippen molar-refractivity contribution >= 4 is 21.1 Å². The van der Waals surface area contributed by atoms with Crippen LogP contribution in [-0.2, 0) is 0 Å². The van der Waals surface area contributed by atoms with Gasteiger partial charge in [-0.05, 0) is 28.5 Å². The van der Waals surface area contributed by atoms with E-state index < -0.39 is 0 Å². The number of hydrogen-bond acceptors (Lipinski definition) is 1. The van der Waals surface area contributed by atoms with E-state index in [4.69, 9.17) is 0 Å². The van der Waals surface area contributed by atoms with Crippen LogP contribution in [0.1, 0.15) is 0 Å². The van der Waals surface area contributed by atoms with E-state index in [-0.39, 0.29) is 0 Å². The van der Waals surface area contributed by atoms with E-state index in [1.807, 2.05) is 0 Å². The van der Waals surface area contributed by atoms with Gasteiger partial charge in [0.2, 0.25) is 0 Å². The third-order valence-electron chi connectivity index (χ3n) is 0.686. The van der Waals surface area contributed by atoms with E-state index >= 15 is 0 Å². The van der Waals surface area contributed by atoms with Gasteiger partial charge in [0.15, 0.2) is 0 Å². The molecule has 0 unspecified atom stereocenters. The molecule has 0 amide bonds. The first kappa shape index (κ1) is 5.33. The van der Waals surface area contributed by atoms with Crippen molar-refractivity contribution in [3.05, 3.63) is 24.8 Å². The Bertz CT molecular complexity index is 256. The van der Waals surface area contributed by atoms with Gasteiger partial charge < -0.3 is 0 Å². The monoisotopic (exact) mass is 122 g/mol. The number of hydrogen-bond donors (Lipinski definition) is 0. The molecule has 0 aromatic rings. The van der Waals surface area contributed by atoms with Crippen LogP contribution in [0.3, 0.4) is 0 Å². The average molecular weight is 122 g/mol. The van der Waals surface area contributed by atoms with Gasteiger partial charge >= 0.3 is 0 Å². The first-order chi connectivity index (χ1) is 3.80. The van der Waals surface area contributed by atoms with Crippen LogP contribution in [-0.4, -0.2) is 10.2 Å². The van der Waals surface area contributed by atoms with E-state index in [0.717, 1.165) is 5.70 Å². The maximum Gasteiger partial charge on any atom is 0.129 e. The third kappa shape index (κ3) is 0.877. The van der Waals surface area contributed by atoms with E-state index in [2.05, 4.69) is 28.7 Å². The predicted octanol–water partition coefficient (Wildman–Crippen LogP) is 1.31. The smallest absolute Gasteiger partial charge is 0.129 e. The van der Waals surface area contributed by atoms with Crippen molar-refractivity contribution in [3.8, 4) is 0 Å². The van der Waals surface area contributed by atoms with Crippen LogP contribution in [0.25, 0.3) is 0 Å². The minimum atomic E-state index is 0.697. The minimum absolute atomic E-state index is 0.697. The predicted molar refractivity (Wildman–Crippen MR) is 38.0 cm³/mol. The zero-order chi connectivity index (χ0) is 5.98. The highest BCUT2D eigenvalue weighted by Crippen LogP contribution is 2.03. The quantitative estimate of drug-likeness (QED) is 0.465. The molecule has 0 fully saturated rings. The molecule has 0 spiro atoms. The Hall–Kier alpha value is -0.810. The zero-order valence-electron chi connectivity index (χ0n) is 4.27. The topological polar surface area (TPSA) is 12.4 Å². The summed E-state index contributed by atoms with van der Waals surface area (Å²) in [6, 6.07) is 0. The van der Waals surface area contributed by atoms with E-state index in [1.54, 1.807) is 0 Å². The lowest BCUT2D eigenvalue weighted by Crippen LogP contribution is -1.74. The largest absolute Gasteiger partial charge is 0.185 e. The summed E-state index contributed by atoms with van der Waals surface area (Å²) in [5.41, 5.74) is 1.41. The standard InChI is InChI=1S/C6H4NS/c1-5(2)6-3-8-4-7-6/h1-2H2. The van der Waals surface area contributed by atoms with Crippen molar-refractivity contribution in [1.82, 2.24) is 0 Å². The van der Waals surface area contributed by atoms with Gasteiger partial charge in [-0.3, -0.25) is 0 Å². The van der Waals surface area contributed by atoms with Gasteiger partial charge in [-0.25, -0.2) is 0 Å². The summed E-state index contributed by atoms with van der Waals surface area (Å²) in [5.74, 6) is 0. The highest BCUT2D eigenvalue weighted by atomic mass is 32.1. The molecule has 0 atom stereocenters. The van der Waals surface area contributed by atoms with Gasteiger partial charge in [0, 0.05) is 0 Å². The molecular formula is C6H4NS. The Morgan fingerprint density at radius 3 is 2.75 bits per heavy atom. The maximum absolute atomic E-state index is 3.79. The van der Waals surface area contributed by atoms with Gasteiger partial charge in [-0.2, -0.15) is 4.99 Å². The first-order valence-corrected chi connectivity index (χ1v) is 2.88. The lowest BCUT2D eigenvalue weighted by atomic mass is 10.3. The first-order valence-electron chi connectivity index (χ1n) is 2.06. The van der Waals surface area contributed by atoms with E-state index in [1.165, 1.54) is 10.9 Å². The van der Waals surface area contributed by atoms with Crippen LogP contribution >= 0.6 is 10.9 Å². The van der Waals surface area contributed by atoms with Crippen molar-refractivity contribution < 1.29 is 0 Å². The van der Waals surface area contributed by atoms with Gasteiger partial charge in [-0.1, -0.05) is 6.58 Å². The van der Waals surface area contributed by atoms with Gasteiger partial charge in [0.05, 0.1) is 5.16 Å². The van der Waals surface area contributed by atoms with Gasteiger partial charge in [-0.15, -0.1) is 0 Å². The zero-order valence-corrected chi connectivity index (χ0v) is 5.09. The van der Waals surface area contributed by atoms with Gasteiger partial charge in [0.1, 0.15) is 5.70 Å². The summed E-state index contributed by atoms with van der Waals surface area (Å²) in [6.07, 6.45) is 0. The molecule has 0 aliphatic carbocycles. The van der Waals surface area contributed by atoms with Crippen molar-refractivity contribution in [1.29, 1.82) is 0 Å². The summed E-state index contributed by atoms with van der Waals surface area (Å²) in [5, 5.41) is 5.50. The molecule has 1 aliphatic heterocycles. The van der Waals surface area contributed by atoms with Gasteiger partial charge in [0.25, 0.3) is 0 Å². The number of isothiocyanates is 1. The third-order valence-corrected chi connectivity index (χ3v) is 1.16. The average Bonchev–Trinajstić information content (AvgIpc) is 2.12. The number of aliphatic imine (C=N–C) groups is 1. The number of allylic oxidation sites excluding steroid dienone is 1. The van der Waals surface area contributed by atoms with E-state index in [9.17, 15) is 0 Å². The van der Waals surface area contributed by atoms with E-state index in [0.29, 0.717) is 5.57 Å². The highest BCUT2D eigenvalue weighted by molar-refractivity contribution is 7.95. The molecule has 1 nitrogen and oxygen atoms in total. The van der Waals surface area contributed by atoms with Crippen LogP contribution in [0, 0.1) is 6.92 Å². The highest BCUT2D eigenvalue weighted by Gasteiger charge is 1.92. The second-order valence-corrected chi connectivity index (χ2v) is 1.95.